The fourth-order valence-corrected chi connectivity index (χ4v) is 3.52. The van der Waals surface area contributed by atoms with Crippen molar-refractivity contribution in [3.05, 3.63) is 33.0 Å². The van der Waals surface area contributed by atoms with Gasteiger partial charge in [-0.2, -0.15) is 5.10 Å². The van der Waals surface area contributed by atoms with E-state index in [0.717, 1.165) is 56.4 Å². The first-order valence-corrected chi connectivity index (χ1v) is 9.77. The van der Waals surface area contributed by atoms with Gasteiger partial charge < -0.3 is 10.6 Å². The van der Waals surface area contributed by atoms with Crippen LogP contribution in [0.2, 0.25) is 0 Å². The Morgan fingerprint density at radius 3 is 2.58 bits per heavy atom. The van der Waals surface area contributed by atoms with Crippen molar-refractivity contribution >= 4 is 41.3 Å². The van der Waals surface area contributed by atoms with Gasteiger partial charge in [-0.3, -0.25) is 9.67 Å². The van der Waals surface area contributed by atoms with Gasteiger partial charge in [-0.15, -0.1) is 35.3 Å². The van der Waals surface area contributed by atoms with E-state index in [0.29, 0.717) is 0 Å². The summed E-state index contributed by atoms with van der Waals surface area (Å²) in [7, 11) is 0. The molecule has 0 unspecified atom stereocenters. The van der Waals surface area contributed by atoms with Crippen LogP contribution < -0.4 is 10.6 Å². The highest BCUT2D eigenvalue weighted by atomic mass is 127. The molecule has 0 fully saturated rings. The van der Waals surface area contributed by atoms with Crippen LogP contribution in [0.25, 0.3) is 0 Å². The Labute approximate surface area is 177 Å². The summed E-state index contributed by atoms with van der Waals surface area (Å²) >= 11 is 1.78. The van der Waals surface area contributed by atoms with Crippen molar-refractivity contribution in [1.29, 1.82) is 0 Å². The molecule has 0 aliphatic rings. The molecule has 0 spiro atoms. The molecule has 0 aliphatic carbocycles. The topological polar surface area (TPSA) is 67.1 Å². The summed E-state index contributed by atoms with van der Waals surface area (Å²) in [6.07, 6.45) is 1.90. The quantitative estimate of drug-likeness (QED) is 0.258. The first-order valence-electron chi connectivity index (χ1n) is 8.95. The average molecular weight is 490 g/mol. The number of halogens is 1. The van der Waals surface area contributed by atoms with Gasteiger partial charge >= 0.3 is 0 Å². The summed E-state index contributed by atoms with van der Waals surface area (Å²) in [5.74, 6) is 0.876. The zero-order valence-corrected chi connectivity index (χ0v) is 19.6. The molecule has 8 heteroatoms. The summed E-state index contributed by atoms with van der Waals surface area (Å²) in [6.45, 7) is 13.8. The molecule has 26 heavy (non-hydrogen) atoms. The summed E-state index contributed by atoms with van der Waals surface area (Å²) < 4.78 is 2.05. The van der Waals surface area contributed by atoms with Crippen LogP contribution in [0, 0.1) is 27.7 Å². The van der Waals surface area contributed by atoms with Gasteiger partial charge in [-0.1, -0.05) is 0 Å². The third-order valence-electron chi connectivity index (χ3n) is 3.95. The molecule has 0 atom stereocenters. The number of aliphatic imine (C=N–C) groups is 1. The molecular weight excluding hydrogens is 459 g/mol. The van der Waals surface area contributed by atoms with E-state index >= 15 is 0 Å². The van der Waals surface area contributed by atoms with Gasteiger partial charge in [0.05, 0.1) is 16.4 Å². The molecule has 0 aromatic carbocycles. The van der Waals surface area contributed by atoms with E-state index in [4.69, 9.17) is 0 Å². The van der Waals surface area contributed by atoms with E-state index in [-0.39, 0.29) is 24.0 Å². The second-order valence-electron chi connectivity index (χ2n) is 6.19. The van der Waals surface area contributed by atoms with Crippen LogP contribution in [-0.4, -0.2) is 40.4 Å². The fourth-order valence-electron chi connectivity index (χ4n) is 2.59. The van der Waals surface area contributed by atoms with Crippen LogP contribution in [0.15, 0.2) is 11.1 Å². The maximum absolute atomic E-state index is 4.66. The van der Waals surface area contributed by atoms with E-state index in [2.05, 4.69) is 64.2 Å². The van der Waals surface area contributed by atoms with Crippen LogP contribution in [0.5, 0.6) is 0 Å². The second kappa shape index (κ2) is 11.5. The summed E-state index contributed by atoms with van der Waals surface area (Å²) in [5.41, 5.74) is 3.42. The molecule has 0 bridgehead atoms. The summed E-state index contributed by atoms with van der Waals surface area (Å²) in [4.78, 5) is 10.5. The van der Waals surface area contributed by atoms with E-state index in [1.807, 2.05) is 6.92 Å². The Balaban J connectivity index is 0.00000338. The van der Waals surface area contributed by atoms with Crippen molar-refractivity contribution in [1.82, 2.24) is 25.4 Å². The highest BCUT2D eigenvalue weighted by Gasteiger charge is 2.04. The number of guanidine groups is 1. The average Bonchev–Trinajstić information content (AvgIpc) is 3.05. The highest BCUT2D eigenvalue weighted by molar-refractivity contribution is 14.0. The minimum atomic E-state index is 0. The molecule has 2 heterocycles. The summed E-state index contributed by atoms with van der Waals surface area (Å²) in [6, 6.07) is 2.11. The SMILES string of the molecule is CCNC(=NCCCn1nc(C)cc1C)NCCc1nc(C)c(C)s1.I. The molecule has 0 saturated carbocycles. The molecule has 0 radical (unpaired) electrons. The van der Waals surface area contributed by atoms with Crippen molar-refractivity contribution in [3.63, 3.8) is 0 Å². The van der Waals surface area contributed by atoms with Crippen molar-refractivity contribution < 1.29 is 0 Å². The number of aromatic nitrogens is 3. The van der Waals surface area contributed by atoms with Crippen molar-refractivity contribution in [3.8, 4) is 0 Å². The first-order chi connectivity index (χ1) is 12.0. The standard InChI is InChI=1S/C18H30N6S.HI/c1-6-19-18(21-10-8-17-22-15(4)16(5)25-17)20-9-7-11-24-14(3)12-13(2)23-24;/h12H,6-11H2,1-5H3,(H2,19,20,21);1H. The zero-order chi connectivity index (χ0) is 18.2. The van der Waals surface area contributed by atoms with Crippen LogP contribution in [-0.2, 0) is 13.0 Å². The van der Waals surface area contributed by atoms with Crippen molar-refractivity contribution in [2.24, 2.45) is 4.99 Å². The van der Waals surface area contributed by atoms with E-state index in [9.17, 15) is 0 Å². The lowest BCUT2D eigenvalue weighted by Gasteiger charge is -2.10. The van der Waals surface area contributed by atoms with E-state index < -0.39 is 0 Å². The lowest BCUT2D eigenvalue weighted by atomic mass is 10.4. The third kappa shape index (κ3) is 7.22. The van der Waals surface area contributed by atoms with Gasteiger partial charge in [-0.05, 0) is 47.1 Å². The van der Waals surface area contributed by atoms with Crippen LogP contribution >= 0.6 is 35.3 Å². The van der Waals surface area contributed by atoms with Crippen LogP contribution in [0.1, 0.15) is 40.3 Å². The third-order valence-corrected chi connectivity index (χ3v) is 5.08. The van der Waals surface area contributed by atoms with Gasteiger partial charge in [0, 0.05) is 43.2 Å². The Morgan fingerprint density at radius 1 is 1.23 bits per heavy atom. The molecule has 6 nitrogen and oxygen atoms in total. The molecule has 0 aliphatic heterocycles. The van der Waals surface area contributed by atoms with E-state index in [1.165, 1.54) is 15.6 Å². The predicted molar refractivity (Wildman–Crippen MR) is 121 cm³/mol. The number of thiazole rings is 1. The first kappa shape index (κ1) is 22.9. The molecule has 2 aromatic heterocycles. The Kier molecular flexibility index (Phi) is 10.1. The van der Waals surface area contributed by atoms with Crippen molar-refractivity contribution in [2.45, 2.75) is 54.0 Å². The van der Waals surface area contributed by atoms with Gasteiger partial charge in [0.1, 0.15) is 0 Å². The number of nitrogens with one attached hydrogen (secondary N) is 2. The second-order valence-corrected chi connectivity index (χ2v) is 7.48. The van der Waals surface area contributed by atoms with Crippen molar-refractivity contribution in [2.75, 3.05) is 19.6 Å². The molecule has 0 saturated heterocycles. The largest absolute Gasteiger partial charge is 0.357 e. The smallest absolute Gasteiger partial charge is 0.191 e. The minimum absolute atomic E-state index is 0. The van der Waals surface area contributed by atoms with Gasteiger partial charge in [0.2, 0.25) is 0 Å². The Hall–Kier alpha value is -1.16. The lowest BCUT2D eigenvalue weighted by molar-refractivity contribution is 0.567. The maximum Gasteiger partial charge on any atom is 0.191 e. The molecule has 2 aromatic rings. The van der Waals surface area contributed by atoms with Crippen LogP contribution in [0.4, 0.5) is 0 Å². The monoisotopic (exact) mass is 490 g/mol. The number of hydrogen-bond acceptors (Lipinski definition) is 4. The summed E-state index contributed by atoms with van der Waals surface area (Å²) in [5, 5.41) is 12.4. The molecule has 2 N–H and O–H groups in total. The van der Waals surface area contributed by atoms with Gasteiger partial charge in [0.15, 0.2) is 5.96 Å². The number of hydrogen-bond donors (Lipinski definition) is 2. The Morgan fingerprint density at radius 2 is 2.00 bits per heavy atom. The lowest BCUT2D eigenvalue weighted by Crippen LogP contribution is -2.38. The Bertz CT molecular complexity index is 687. The molecule has 2 rings (SSSR count). The zero-order valence-electron chi connectivity index (χ0n) is 16.4. The molecular formula is C18H31IN6S. The maximum atomic E-state index is 4.66. The van der Waals surface area contributed by atoms with Gasteiger partial charge in [0.25, 0.3) is 0 Å². The number of rotatable bonds is 8. The molecule has 0 amide bonds. The predicted octanol–water partition coefficient (Wildman–Crippen LogP) is 3.38. The minimum Gasteiger partial charge on any atom is -0.357 e. The number of nitrogens with zero attached hydrogens (tertiary/aromatic N) is 4. The van der Waals surface area contributed by atoms with Gasteiger partial charge in [-0.25, -0.2) is 4.98 Å². The highest BCUT2D eigenvalue weighted by Crippen LogP contribution is 2.16. The fraction of sp³-hybridized carbons (Fsp3) is 0.611. The van der Waals surface area contributed by atoms with E-state index in [1.54, 1.807) is 11.3 Å². The van der Waals surface area contributed by atoms with Crippen LogP contribution in [0.3, 0.4) is 0 Å². The number of aryl methyl sites for hydroxylation is 5. The normalized spacial score (nSPS) is 11.3. The molecule has 146 valence electrons.